The summed E-state index contributed by atoms with van der Waals surface area (Å²) in [5.41, 5.74) is 12.2. The van der Waals surface area contributed by atoms with Gasteiger partial charge in [0.05, 0.1) is 11.0 Å². The van der Waals surface area contributed by atoms with Crippen molar-refractivity contribution in [1.29, 1.82) is 0 Å². The van der Waals surface area contributed by atoms with E-state index in [0.29, 0.717) is 11.0 Å². The fourth-order valence-electron chi connectivity index (χ4n) is 2.14. The molecule has 5 nitrogen and oxygen atoms in total. The van der Waals surface area contributed by atoms with E-state index in [9.17, 15) is 9.18 Å². The number of carbonyl (C=O) groups is 1. The van der Waals surface area contributed by atoms with Crippen LogP contribution in [0.1, 0.15) is 19.9 Å². The van der Waals surface area contributed by atoms with Gasteiger partial charge in [0.25, 0.3) is 0 Å². The lowest BCUT2D eigenvalue weighted by molar-refractivity contribution is -0.122. The Kier molecular flexibility index (Phi) is 2.94. The Labute approximate surface area is 104 Å². The van der Waals surface area contributed by atoms with Crippen LogP contribution in [-0.4, -0.2) is 15.5 Å². The van der Waals surface area contributed by atoms with Gasteiger partial charge >= 0.3 is 0 Å². The molecular weight excluding hydrogens is 235 g/mol. The summed E-state index contributed by atoms with van der Waals surface area (Å²) in [5.74, 6) is -0.756. The summed E-state index contributed by atoms with van der Waals surface area (Å²) in [4.78, 5) is 15.6. The van der Waals surface area contributed by atoms with Crippen molar-refractivity contribution in [1.82, 2.24) is 9.55 Å². The third-order valence-electron chi connectivity index (χ3n) is 2.88. The standard InChI is InChI=1S/C12H15FN4O/c1-6(2)10(11(14)18)17-9-4-3-7(13)5-8(9)16-12(17)15/h3-6,10H,1-2H3,(H2,14,18)(H2,15,16). The van der Waals surface area contributed by atoms with Crippen molar-refractivity contribution in [2.75, 3.05) is 5.73 Å². The Bertz CT molecular complexity index is 605. The number of nitrogens with zero attached hydrogens (tertiary/aromatic N) is 2. The molecule has 1 aromatic heterocycles. The second kappa shape index (κ2) is 4.29. The normalized spacial score (nSPS) is 13.1. The summed E-state index contributed by atoms with van der Waals surface area (Å²) in [5, 5.41) is 0. The Morgan fingerprint density at radius 1 is 1.44 bits per heavy atom. The fraction of sp³-hybridized carbons (Fsp3) is 0.333. The zero-order valence-corrected chi connectivity index (χ0v) is 10.2. The molecule has 0 spiro atoms. The molecule has 2 rings (SSSR count). The number of nitrogens with two attached hydrogens (primary N) is 2. The highest BCUT2D eigenvalue weighted by Crippen LogP contribution is 2.27. The van der Waals surface area contributed by atoms with Gasteiger partial charge in [0.1, 0.15) is 11.9 Å². The quantitative estimate of drug-likeness (QED) is 0.864. The van der Waals surface area contributed by atoms with Crippen LogP contribution in [0, 0.1) is 11.7 Å². The summed E-state index contributed by atoms with van der Waals surface area (Å²) < 4.78 is 14.7. The first-order chi connectivity index (χ1) is 8.41. The van der Waals surface area contributed by atoms with Crippen molar-refractivity contribution in [3.63, 3.8) is 0 Å². The number of hydrogen-bond acceptors (Lipinski definition) is 3. The molecule has 1 amide bonds. The molecule has 2 aromatic rings. The number of carbonyl (C=O) groups excluding carboxylic acids is 1. The maximum atomic E-state index is 13.1. The zero-order chi connectivity index (χ0) is 13.4. The molecule has 6 heteroatoms. The molecule has 0 fully saturated rings. The molecule has 1 unspecified atom stereocenters. The molecule has 0 aliphatic rings. The van der Waals surface area contributed by atoms with Crippen molar-refractivity contribution in [3.8, 4) is 0 Å². The van der Waals surface area contributed by atoms with Crippen LogP contribution in [-0.2, 0) is 4.79 Å². The number of rotatable bonds is 3. The van der Waals surface area contributed by atoms with E-state index < -0.39 is 17.8 Å². The molecule has 0 radical (unpaired) electrons. The van der Waals surface area contributed by atoms with Crippen molar-refractivity contribution in [2.45, 2.75) is 19.9 Å². The highest BCUT2D eigenvalue weighted by Gasteiger charge is 2.25. The van der Waals surface area contributed by atoms with Gasteiger partial charge in [-0.3, -0.25) is 9.36 Å². The van der Waals surface area contributed by atoms with Crippen molar-refractivity contribution in [3.05, 3.63) is 24.0 Å². The number of nitrogen functional groups attached to an aromatic ring is 1. The van der Waals surface area contributed by atoms with Crippen LogP contribution in [0.25, 0.3) is 11.0 Å². The van der Waals surface area contributed by atoms with Gasteiger partial charge in [-0.25, -0.2) is 9.37 Å². The van der Waals surface area contributed by atoms with Gasteiger partial charge < -0.3 is 11.5 Å². The van der Waals surface area contributed by atoms with Gasteiger partial charge in [0.15, 0.2) is 0 Å². The summed E-state index contributed by atoms with van der Waals surface area (Å²) in [6.45, 7) is 3.73. The molecule has 0 aliphatic carbocycles. The van der Waals surface area contributed by atoms with Crippen molar-refractivity contribution in [2.24, 2.45) is 11.7 Å². The third kappa shape index (κ3) is 1.90. The number of halogens is 1. The van der Waals surface area contributed by atoms with Gasteiger partial charge in [-0.05, 0) is 18.1 Å². The van der Waals surface area contributed by atoms with Crippen LogP contribution in [0.4, 0.5) is 10.3 Å². The molecule has 18 heavy (non-hydrogen) atoms. The smallest absolute Gasteiger partial charge is 0.240 e. The zero-order valence-electron chi connectivity index (χ0n) is 10.2. The van der Waals surface area contributed by atoms with E-state index in [1.807, 2.05) is 13.8 Å². The minimum atomic E-state index is -0.597. The van der Waals surface area contributed by atoms with E-state index in [-0.39, 0.29) is 11.9 Å². The van der Waals surface area contributed by atoms with Crippen LogP contribution in [0.2, 0.25) is 0 Å². The Morgan fingerprint density at radius 2 is 2.11 bits per heavy atom. The molecule has 0 saturated carbocycles. The largest absolute Gasteiger partial charge is 0.369 e. The molecule has 1 atom stereocenters. The predicted molar refractivity (Wildman–Crippen MR) is 67.2 cm³/mol. The average molecular weight is 250 g/mol. The summed E-state index contributed by atoms with van der Waals surface area (Å²) >= 11 is 0. The number of imidazole rings is 1. The van der Waals surface area contributed by atoms with Gasteiger partial charge in [-0.2, -0.15) is 0 Å². The van der Waals surface area contributed by atoms with Crippen molar-refractivity contribution >= 4 is 22.9 Å². The molecule has 0 saturated heterocycles. The second-order valence-corrected chi connectivity index (χ2v) is 4.56. The SMILES string of the molecule is CC(C)C(C(N)=O)n1c(N)nc2cc(F)ccc21. The van der Waals surface area contributed by atoms with Crippen LogP contribution in [0.5, 0.6) is 0 Å². The van der Waals surface area contributed by atoms with E-state index in [2.05, 4.69) is 4.98 Å². The van der Waals surface area contributed by atoms with E-state index in [0.717, 1.165) is 0 Å². The summed E-state index contributed by atoms with van der Waals surface area (Å²) in [7, 11) is 0. The van der Waals surface area contributed by atoms with Gasteiger partial charge in [0, 0.05) is 6.07 Å². The first kappa shape index (κ1) is 12.3. The highest BCUT2D eigenvalue weighted by molar-refractivity contribution is 5.85. The number of primary amides is 1. The van der Waals surface area contributed by atoms with E-state index in [4.69, 9.17) is 11.5 Å². The Balaban J connectivity index is 2.69. The number of hydrogen-bond donors (Lipinski definition) is 2. The van der Waals surface area contributed by atoms with E-state index in [1.54, 1.807) is 10.6 Å². The summed E-state index contributed by atoms with van der Waals surface area (Å²) in [6.07, 6.45) is 0. The molecule has 1 aromatic carbocycles. The highest BCUT2D eigenvalue weighted by atomic mass is 19.1. The Hall–Kier alpha value is -2.11. The first-order valence-corrected chi connectivity index (χ1v) is 5.64. The van der Waals surface area contributed by atoms with Crippen LogP contribution in [0.15, 0.2) is 18.2 Å². The van der Waals surface area contributed by atoms with Gasteiger partial charge in [0.2, 0.25) is 11.9 Å². The van der Waals surface area contributed by atoms with E-state index in [1.165, 1.54) is 12.1 Å². The Morgan fingerprint density at radius 3 is 2.67 bits per heavy atom. The minimum absolute atomic E-state index is 0.0350. The number of fused-ring (bicyclic) bond motifs is 1. The summed E-state index contributed by atoms with van der Waals surface area (Å²) in [6, 6.07) is 3.53. The molecule has 4 N–H and O–H groups in total. The van der Waals surface area contributed by atoms with Crippen molar-refractivity contribution < 1.29 is 9.18 Å². The lowest BCUT2D eigenvalue weighted by atomic mass is 10.0. The van der Waals surface area contributed by atoms with Gasteiger partial charge in [-0.1, -0.05) is 13.8 Å². The second-order valence-electron chi connectivity index (χ2n) is 4.56. The minimum Gasteiger partial charge on any atom is -0.369 e. The number of anilines is 1. The molecular formula is C12H15FN4O. The molecule has 96 valence electrons. The first-order valence-electron chi connectivity index (χ1n) is 5.64. The number of amides is 1. The van der Waals surface area contributed by atoms with E-state index >= 15 is 0 Å². The third-order valence-corrected chi connectivity index (χ3v) is 2.88. The van der Waals surface area contributed by atoms with Crippen LogP contribution >= 0.6 is 0 Å². The average Bonchev–Trinajstić information content (AvgIpc) is 2.54. The monoisotopic (exact) mass is 250 g/mol. The fourth-order valence-corrected chi connectivity index (χ4v) is 2.14. The topological polar surface area (TPSA) is 86.9 Å². The molecule has 0 bridgehead atoms. The number of aromatic nitrogens is 2. The lowest BCUT2D eigenvalue weighted by Gasteiger charge is -2.20. The van der Waals surface area contributed by atoms with Crippen LogP contribution < -0.4 is 11.5 Å². The van der Waals surface area contributed by atoms with Crippen LogP contribution in [0.3, 0.4) is 0 Å². The lowest BCUT2D eigenvalue weighted by Crippen LogP contribution is -2.31. The van der Waals surface area contributed by atoms with Gasteiger partial charge in [-0.15, -0.1) is 0 Å². The molecule has 0 aliphatic heterocycles. The predicted octanol–water partition coefficient (Wildman–Crippen LogP) is 1.44. The number of benzene rings is 1. The maximum Gasteiger partial charge on any atom is 0.240 e. The molecule has 1 heterocycles. The maximum absolute atomic E-state index is 13.1.